The molecule has 23 heavy (non-hydrogen) atoms. The van der Waals surface area contributed by atoms with Crippen LogP contribution in [-0.4, -0.2) is 23.3 Å². The summed E-state index contributed by atoms with van der Waals surface area (Å²) in [6, 6.07) is 10.5. The lowest BCUT2D eigenvalue weighted by atomic mass is 9.89. The van der Waals surface area contributed by atoms with Crippen LogP contribution in [0.1, 0.15) is 21.7 Å². The Labute approximate surface area is 146 Å². The number of amides is 1. The Morgan fingerprint density at radius 1 is 1.35 bits per heavy atom. The van der Waals surface area contributed by atoms with Crippen molar-refractivity contribution in [1.82, 2.24) is 0 Å². The van der Waals surface area contributed by atoms with Gasteiger partial charge in [0.2, 0.25) is 0 Å². The van der Waals surface area contributed by atoms with Crippen LogP contribution in [0.5, 0.6) is 0 Å². The molecule has 6 heteroatoms. The van der Waals surface area contributed by atoms with Crippen molar-refractivity contribution in [2.45, 2.75) is 12.0 Å². The third kappa shape index (κ3) is 2.67. The van der Waals surface area contributed by atoms with Crippen molar-refractivity contribution in [1.29, 1.82) is 0 Å². The Morgan fingerprint density at radius 2 is 2.09 bits per heavy atom. The van der Waals surface area contributed by atoms with Crippen LogP contribution in [0.3, 0.4) is 0 Å². The van der Waals surface area contributed by atoms with E-state index in [1.54, 1.807) is 42.5 Å². The standard InChI is InChI=1S/C17H14BrNO3S/c1-2-9-19-12-6-4-3-5-11(12)17(22,16(19)21)10-13(20)14-7-8-15(18)23-14/h2-8,22H,1,9-10H2. The summed E-state index contributed by atoms with van der Waals surface area (Å²) in [5.74, 6) is -0.741. The first-order chi connectivity index (χ1) is 11.0. The van der Waals surface area contributed by atoms with Crippen LogP contribution in [0.4, 0.5) is 5.69 Å². The fourth-order valence-electron chi connectivity index (χ4n) is 2.77. The van der Waals surface area contributed by atoms with Gasteiger partial charge in [0.15, 0.2) is 11.4 Å². The predicted molar refractivity (Wildman–Crippen MR) is 93.9 cm³/mol. The summed E-state index contributed by atoms with van der Waals surface area (Å²) in [5, 5.41) is 11.0. The molecule has 0 aliphatic carbocycles. The summed E-state index contributed by atoms with van der Waals surface area (Å²) in [5.41, 5.74) is -0.733. The molecule has 2 aromatic rings. The highest BCUT2D eigenvalue weighted by Gasteiger charge is 2.50. The molecule has 1 amide bonds. The number of ketones is 1. The lowest BCUT2D eigenvalue weighted by Gasteiger charge is -2.21. The number of anilines is 1. The first-order valence-electron chi connectivity index (χ1n) is 7.00. The highest BCUT2D eigenvalue weighted by atomic mass is 79.9. The number of halogens is 1. The van der Waals surface area contributed by atoms with Crippen molar-refractivity contribution in [3.63, 3.8) is 0 Å². The van der Waals surface area contributed by atoms with E-state index in [1.807, 2.05) is 0 Å². The van der Waals surface area contributed by atoms with Crippen molar-refractivity contribution in [3.8, 4) is 0 Å². The monoisotopic (exact) mass is 391 g/mol. The van der Waals surface area contributed by atoms with Gasteiger partial charge in [-0.15, -0.1) is 17.9 Å². The molecule has 0 saturated heterocycles. The molecule has 0 saturated carbocycles. The normalized spacial score (nSPS) is 19.7. The van der Waals surface area contributed by atoms with E-state index < -0.39 is 11.5 Å². The fourth-order valence-corrected chi connectivity index (χ4v) is 4.10. The van der Waals surface area contributed by atoms with Gasteiger partial charge < -0.3 is 10.0 Å². The smallest absolute Gasteiger partial charge is 0.264 e. The zero-order valence-electron chi connectivity index (χ0n) is 12.2. The predicted octanol–water partition coefficient (Wildman–Crippen LogP) is 3.50. The topological polar surface area (TPSA) is 57.6 Å². The summed E-state index contributed by atoms with van der Waals surface area (Å²) >= 11 is 4.60. The van der Waals surface area contributed by atoms with E-state index in [0.717, 1.165) is 3.79 Å². The number of carbonyl (C=O) groups is 2. The molecular formula is C17H14BrNO3S. The van der Waals surface area contributed by atoms with Crippen molar-refractivity contribution < 1.29 is 14.7 Å². The molecule has 0 bridgehead atoms. The minimum Gasteiger partial charge on any atom is -0.375 e. The molecule has 1 unspecified atom stereocenters. The number of fused-ring (bicyclic) bond motifs is 1. The number of Topliss-reactive ketones (excluding diaryl/α,β-unsaturated/α-hetero) is 1. The van der Waals surface area contributed by atoms with Gasteiger partial charge in [0, 0.05) is 12.1 Å². The molecule has 1 aromatic carbocycles. The summed E-state index contributed by atoms with van der Waals surface area (Å²) in [6.45, 7) is 3.93. The summed E-state index contributed by atoms with van der Waals surface area (Å²) < 4.78 is 0.833. The molecule has 1 atom stereocenters. The van der Waals surface area contributed by atoms with Crippen LogP contribution in [0.15, 0.2) is 52.8 Å². The van der Waals surface area contributed by atoms with Gasteiger partial charge in [-0.25, -0.2) is 0 Å². The number of aliphatic hydroxyl groups is 1. The van der Waals surface area contributed by atoms with Crippen molar-refractivity contribution >= 4 is 44.6 Å². The lowest BCUT2D eigenvalue weighted by molar-refractivity contribution is -0.135. The summed E-state index contributed by atoms with van der Waals surface area (Å²) in [7, 11) is 0. The van der Waals surface area contributed by atoms with E-state index >= 15 is 0 Å². The highest BCUT2D eigenvalue weighted by Crippen LogP contribution is 2.43. The summed E-state index contributed by atoms with van der Waals surface area (Å²) in [4.78, 5) is 27.2. The Balaban J connectivity index is 1.98. The van der Waals surface area contributed by atoms with Crippen molar-refractivity contribution in [2.75, 3.05) is 11.4 Å². The number of hydrogen-bond donors (Lipinski definition) is 1. The maximum Gasteiger partial charge on any atom is 0.264 e. The average molecular weight is 392 g/mol. The van der Waals surface area contributed by atoms with E-state index in [2.05, 4.69) is 22.5 Å². The second-order valence-corrected chi connectivity index (χ2v) is 7.75. The molecule has 0 radical (unpaired) electrons. The van der Waals surface area contributed by atoms with Crippen LogP contribution in [-0.2, 0) is 10.4 Å². The van der Waals surface area contributed by atoms with Gasteiger partial charge >= 0.3 is 0 Å². The van der Waals surface area contributed by atoms with E-state index in [-0.39, 0.29) is 18.7 Å². The number of hydrogen-bond acceptors (Lipinski definition) is 4. The minimum atomic E-state index is -1.83. The Bertz CT molecular complexity index is 801. The maximum atomic E-state index is 12.7. The third-order valence-electron chi connectivity index (χ3n) is 3.82. The number of carbonyl (C=O) groups excluding carboxylic acids is 2. The Hall–Kier alpha value is -1.76. The molecule has 2 heterocycles. The number of nitrogens with zero attached hydrogens (tertiary/aromatic N) is 1. The van der Waals surface area contributed by atoms with Crippen LogP contribution in [0.2, 0.25) is 0 Å². The van der Waals surface area contributed by atoms with Crippen molar-refractivity contribution in [3.05, 3.63) is 63.3 Å². The minimum absolute atomic E-state index is 0.258. The highest BCUT2D eigenvalue weighted by molar-refractivity contribution is 9.11. The SMILES string of the molecule is C=CCN1C(=O)C(O)(CC(=O)c2ccc(Br)s2)c2ccccc21. The zero-order chi connectivity index (χ0) is 16.6. The Kier molecular flexibility index (Phi) is 4.23. The maximum absolute atomic E-state index is 12.7. The fraction of sp³-hybridized carbons (Fsp3) is 0.176. The van der Waals surface area contributed by atoms with Crippen LogP contribution >= 0.6 is 27.3 Å². The van der Waals surface area contributed by atoms with Gasteiger partial charge in [-0.3, -0.25) is 9.59 Å². The molecule has 1 aliphatic rings. The van der Waals surface area contributed by atoms with Crippen LogP contribution in [0, 0.1) is 0 Å². The molecule has 4 nitrogen and oxygen atoms in total. The first kappa shape index (κ1) is 16.1. The van der Waals surface area contributed by atoms with Crippen LogP contribution in [0.25, 0.3) is 0 Å². The van der Waals surface area contributed by atoms with Gasteiger partial charge in [0.05, 0.1) is 20.8 Å². The van der Waals surface area contributed by atoms with Crippen molar-refractivity contribution in [2.24, 2.45) is 0 Å². The molecule has 1 N–H and O–H groups in total. The van der Waals surface area contributed by atoms with E-state index in [0.29, 0.717) is 16.1 Å². The quantitative estimate of drug-likeness (QED) is 0.626. The average Bonchev–Trinajstić information content (AvgIpc) is 3.05. The molecule has 3 rings (SSSR count). The van der Waals surface area contributed by atoms with Gasteiger partial charge in [-0.1, -0.05) is 24.3 Å². The second kappa shape index (κ2) is 6.03. The van der Waals surface area contributed by atoms with Gasteiger partial charge in [-0.05, 0) is 34.1 Å². The summed E-state index contributed by atoms with van der Waals surface area (Å²) in [6.07, 6.45) is 1.32. The van der Waals surface area contributed by atoms with Gasteiger partial charge in [0.25, 0.3) is 5.91 Å². The van der Waals surface area contributed by atoms with E-state index in [1.165, 1.54) is 16.2 Å². The molecule has 0 fully saturated rings. The van der Waals surface area contributed by atoms with E-state index in [9.17, 15) is 14.7 Å². The van der Waals surface area contributed by atoms with E-state index in [4.69, 9.17) is 0 Å². The first-order valence-corrected chi connectivity index (χ1v) is 8.61. The molecule has 1 aromatic heterocycles. The molecule has 118 valence electrons. The largest absolute Gasteiger partial charge is 0.375 e. The Morgan fingerprint density at radius 3 is 2.74 bits per heavy atom. The number of para-hydroxylation sites is 1. The number of rotatable bonds is 5. The van der Waals surface area contributed by atoms with Gasteiger partial charge in [-0.2, -0.15) is 0 Å². The molecular weight excluding hydrogens is 378 g/mol. The number of thiophene rings is 1. The van der Waals surface area contributed by atoms with Crippen LogP contribution < -0.4 is 4.90 Å². The second-order valence-electron chi connectivity index (χ2n) is 5.29. The van der Waals surface area contributed by atoms with Gasteiger partial charge in [0.1, 0.15) is 0 Å². The zero-order valence-corrected chi connectivity index (χ0v) is 14.6. The molecule has 0 spiro atoms. The third-order valence-corrected chi connectivity index (χ3v) is 5.48. The molecule has 1 aliphatic heterocycles. The number of benzene rings is 1. The lowest BCUT2D eigenvalue weighted by Crippen LogP contribution is -2.41.